The highest BCUT2D eigenvalue weighted by Crippen LogP contribution is 2.50. The van der Waals surface area contributed by atoms with Gasteiger partial charge in [0.15, 0.2) is 0 Å². The summed E-state index contributed by atoms with van der Waals surface area (Å²) < 4.78 is 6.45. The zero-order valence-corrected chi connectivity index (χ0v) is 29.3. The van der Waals surface area contributed by atoms with E-state index in [1.54, 1.807) is 0 Å². The van der Waals surface area contributed by atoms with Crippen LogP contribution < -0.4 is 10.1 Å². The SMILES string of the molecule is [Si]c1ccc2c(oc3ccccc32)c1-c1ccc(N(C2=CC3c4ccccc4SC3C=C2)c2ccc(C3CC=C4C=CC=CC4C3)cc2)cc1. The number of allylic oxidation sites excluding steroid dienone is 8. The Balaban J connectivity index is 1.04. The number of rotatable bonds is 5. The minimum atomic E-state index is 0.347. The maximum atomic E-state index is 6.45. The molecule has 0 bridgehead atoms. The van der Waals surface area contributed by atoms with Gasteiger partial charge in [0.1, 0.15) is 11.2 Å². The van der Waals surface area contributed by atoms with Crippen molar-refractivity contribution in [3.63, 3.8) is 0 Å². The van der Waals surface area contributed by atoms with Crippen LogP contribution in [0.3, 0.4) is 0 Å². The van der Waals surface area contributed by atoms with Crippen molar-refractivity contribution in [2.45, 2.75) is 34.8 Å². The molecule has 4 aliphatic rings. The van der Waals surface area contributed by atoms with E-state index in [1.165, 1.54) is 39.4 Å². The Labute approximate surface area is 300 Å². The van der Waals surface area contributed by atoms with Gasteiger partial charge in [0.25, 0.3) is 0 Å². The van der Waals surface area contributed by atoms with Gasteiger partial charge in [-0.05, 0) is 83.5 Å². The summed E-state index contributed by atoms with van der Waals surface area (Å²) in [6.07, 6.45) is 20.9. The minimum Gasteiger partial charge on any atom is -0.455 e. The van der Waals surface area contributed by atoms with Crippen molar-refractivity contribution in [3.8, 4) is 11.1 Å². The van der Waals surface area contributed by atoms with Gasteiger partial charge in [0.2, 0.25) is 0 Å². The molecule has 0 amide bonds. The van der Waals surface area contributed by atoms with Gasteiger partial charge in [-0.3, -0.25) is 0 Å². The van der Waals surface area contributed by atoms with Crippen molar-refractivity contribution < 1.29 is 4.42 Å². The van der Waals surface area contributed by atoms with E-state index in [1.807, 2.05) is 23.9 Å². The topological polar surface area (TPSA) is 16.4 Å². The zero-order chi connectivity index (χ0) is 33.2. The number of fused-ring (bicyclic) bond motifs is 7. The van der Waals surface area contributed by atoms with Gasteiger partial charge >= 0.3 is 0 Å². The summed E-state index contributed by atoms with van der Waals surface area (Å²) in [5.74, 6) is 1.40. The third-order valence-corrected chi connectivity index (χ3v) is 12.7. The van der Waals surface area contributed by atoms with Gasteiger partial charge < -0.3 is 9.32 Å². The number of para-hydroxylation sites is 1. The van der Waals surface area contributed by atoms with E-state index in [2.05, 4.69) is 161 Å². The number of thioether (sulfide) groups is 1. The Morgan fingerprint density at radius 3 is 2.42 bits per heavy atom. The van der Waals surface area contributed by atoms with Crippen molar-refractivity contribution >= 4 is 60.5 Å². The van der Waals surface area contributed by atoms with Gasteiger partial charge in [-0.15, -0.1) is 11.8 Å². The standard InChI is InChI=1S/C46H34NOSSi/c50-44-26-24-39-37-9-3-5-11-41(37)48-46(39)45(44)31-17-21-35(22-18-31)47(36-23-25-43-40(28-36)38-10-4-6-12-42(38)49-43)34-19-15-30(16-20-34)33-14-13-29-7-1-2-8-32(29)27-33/h1-13,15-26,28,32-33,40,43H,14,27H2. The number of anilines is 2. The Bertz CT molecular complexity index is 2450. The first-order valence-electron chi connectivity index (χ1n) is 17.5. The summed E-state index contributed by atoms with van der Waals surface area (Å²) in [5, 5.41) is 3.71. The molecule has 4 atom stereocenters. The van der Waals surface area contributed by atoms with Crippen LogP contribution in [0.5, 0.6) is 0 Å². The van der Waals surface area contributed by atoms with Crippen LogP contribution in [0, 0.1) is 5.92 Å². The molecule has 4 heteroatoms. The van der Waals surface area contributed by atoms with Crippen LogP contribution in [0.2, 0.25) is 0 Å². The molecular formula is C46H34NOSSi. The Kier molecular flexibility index (Phi) is 7.21. The van der Waals surface area contributed by atoms with E-state index in [0.29, 0.717) is 23.0 Å². The number of furan rings is 1. The van der Waals surface area contributed by atoms with Gasteiger partial charge in [-0.1, -0.05) is 121 Å². The molecule has 3 aliphatic carbocycles. The van der Waals surface area contributed by atoms with E-state index < -0.39 is 0 Å². The Morgan fingerprint density at radius 1 is 0.740 bits per heavy atom. The second-order valence-corrected chi connectivity index (χ2v) is 15.5. The third-order valence-electron chi connectivity index (χ3n) is 10.9. The maximum absolute atomic E-state index is 6.45. The van der Waals surface area contributed by atoms with Crippen molar-refractivity contribution in [3.05, 3.63) is 180 Å². The third kappa shape index (κ3) is 5.00. The largest absolute Gasteiger partial charge is 0.455 e. The molecule has 4 unspecified atom stereocenters. The van der Waals surface area contributed by atoms with Gasteiger partial charge in [0, 0.05) is 55.4 Å². The lowest BCUT2D eigenvalue weighted by Crippen LogP contribution is -2.20. The summed E-state index contributed by atoms with van der Waals surface area (Å²) in [6.45, 7) is 0. The molecule has 0 saturated heterocycles. The second kappa shape index (κ2) is 12.1. The quantitative estimate of drug-likeness (QED) is 0.169. The molecular weight excluding hydrogens is 643 g/mol. The lowest BCUT2D eigenvalue weighted by Gasteiger charge is -2.31. The van der Waals surface area contributed by atoms with E-state index in [-0.39, 0.29) is 0 Å². The van der Waals surface area contributed by atoms with Crippen LogP contribution in [0.25, 0.3) is 33.1 Å². The average Bonchev–Trinajstić information content (AvgIpc) is 3.73. The molecule has 0 saturated carbocycles. The van der Waals surface area contributed by atoms with Crippen LogP contribution in [-0.4, -0.2) is 15.5 Å². The minimum absolute atomic E-state index is 0.347. The molecule has 3 radical (unpaired) electrons. The lowest BCUT2D eigenvalue weighted by atomic mass is 9.76. The summed E-state index contributed by atoms with van der Waals surface area (Å²) >= 11 is 1.98. The molecule has 2 heterocycles. The second-order valence-electron chi connectivity index (χ2n) is 13.8. The first kappa shape index (κ1) is 29.8. The fourth-order valence-corrected chi connectivity index (χ4v) is 10.0. The molecule has 6 aromatic rings. The molecule has 0 N–H and O–H groups in total. The molecule has 1 aromatic heterocycles. The molecule has 0 spiro atoms. The molecule has 2 nitrogen and oxygen atoms in total. The summed E-state index contributed by atoms with van der Waals surface area (Å²) in [5.41, 5.74) is 11.8. The van der Waals surface area contributed by atoms with Crippen molar-refractivity contribution in [1.82, 2.24) is 0 Å². The monoisotopic (exact) mass is 676 g/mol. The van der Waals surface area contributed by atoms with E-state index in [9.17, 15) is 0 Å². The summed E-state index contributed by atoms with van der Waals surface area (Å²) in [4.78, 5) is 3.82. The number of hydrogen-bond donors (Lipinski definition) is 0. The molecule has 1 aliphatic heterocycles. The van der Waals surface area contributed by atoms with Gasteiger partial charge in [-0.25, -0.2) is 0 Å². The fourth-order valence-electron chi connectivity index (χ4n) is 8.37. The normalized spacial score (nSPS) is 21.9. The number of nitrogens with zero attached hydrogens (tertiary/aromatic N) is 1. The highest BCUT2D eigenvalue weighted by molar-refractivity contribution is 8.00. The Hall–Kier alpha value is -5.03. The molecule has 50 heavy (non-hydrogen) atoms. The number of benzene rings is 5. The zero-order valence-electron chi connectivity index (χ0n) is 27.5. The van der Waals surface area contributed by atoms with Gasteiger partial charge in [-0.2, -0.15) is 0 Å². The first-order chi connectivity index (χ1) is 24.7. The molecule has 5 aromatic carbocycles. The predicted octanol–water partition coefficient (Wildman–Crippen LogP) is 11.4. The predicted molar refractivity (Wildman–Crippen MR) is 211 cm³/mol. The summed E-state index contributed by atoms with van der Waals surface area (Å²) in [7, 11) is 3.92. The van der Waals surface area contributed by atoms with Crippen LogP contribution in [0.15, 0.2) is 178 Å². The first-order valence-corrected chi connectivity index (χ1v) is 18.9. The number of hydrogen-bond acceptors (Lipinski definition) is 3. The summed E-state index contributed by atoms with van der Waals surface area (Å²) in [6, 6.07) is 39.8. The van der Waals surface area contributed by atoms with E-state index in [0.717, 1.165) is 50.4 Å². The van der Waals surface area contributed by atoms with Crippen LogP contribution in [-0.2, 0) is 0 Å². The van der Waals surface area contributed by atoms with Crippen LogP contribution >= 0.6 is 11.8 Å². The fraction of sp³-hybridized carbons (Fsp3) is 0.130. The average molecular weight is 677 g/mol. The molecule has 0 fully saturated rings. The highest BCUT2D eigenvalue weighted by Gasteiger charge is 2.33. The van der Waals surface area contributed by atoms with Crippen molar-refractivity contribution in [1.29, 1.82) is 0 Å². The van der Waals surface area contributed by atoms with E-state index >= 15 is 0 Å². The van der Waals surface area contributed by atoms with Gasteiger partial charge in [0.05, 0.1) is 10.2 Å². The van der Waals surface area contributed by atoms with Crippen LogP contribution in [0.4, 0.5) is 11.4 Å². The van der Waals surface area contributed by atoms with Crippen molar-refractivity contribution in [2.75, 3.05) is 4.90 Å². The van der Waals surface area contributed by atoms with E-state index in [4.69, 9.17) is 4.42 Å². The maximum Gasteiger partial charge on any atom is 0.143 e. The highest BCUT2D eigenvalue weighted by atomic mass is 32.2. The Morgan fingerprint density at radius 2 is 1.54 bits per heavy atom. The van der Waals surface area contributed by atoms with Crippen molar-refractivity contribution in [2.24, 2.45) is 5.92 Å². The molecule has 10 rings (SSSR count). The molecule has 239 valence electrons. The lowest BCUT2D eigenvalue weighted by molar-refractivity contribution is 0.531. The smallest absolute Gasteiger partial charge is 0.143 e. The van der Waals surface area contributed by atoms with Crippen LogP contribution in [0.1, 0.15) is 35.8 Å².